The molecule has 2 N–H and O–H groups in total. The zero-order valence-corrected chi connectivity index (χ0v) is 19.7. The molecule has 0 aliphatic heterocycles. The molecule has 188 valence electrons. The SMILES string of the molecule is COc1cc(C=NNC(=O)CC(=O)Nc2cccc(C(F)(F)F)c2)ccc1OCc1ccccc1Cl. The first-order chi connectivity index (χ1) is 17.2. The molecule has 36 heavy (non-hydrogen) atoms. The molecule has 0 atom stereocenters. The number of anilines is 1. The van der Waals surface area contributed by atoms with Crippen molar-refractivity contribution in [3.05, 3.63) is 88.4 Å². The lowest BCUT2D eigenvalue weighted by Crippen LogP contribution is -2.24. The molecule has 3 aromatic rings. The Kier molecular flexibility index (Phi) is 8.91. The maximum absolute atomic E-state index is 12.8. The predicted octanol–water partition coefficient (Wildman–Crippen LogP) is 5.43. The summed E-state index contributed by atoms with van der Waals surface area (Å²) in [4.78, 5) is 23.9. The first kappa shape index (κ1) is 26.6. The Morgan fingerprint density at radius 1 is 1.00 bits per heavy atom. The Labute approximate surface area is 209 Å². The molecule has 0 saturated heterocycles. The molecule has 0 saturated carbocycles. The van der Waals surface area contributed by atoms with Crippen molar-refractivity contribution in [2.45, 2.75) is 19.2 Å². The standard InChI is InChI=1S/C25H21ClF3N3O4/c1-35-22-11-16(9-10-21(22)36-15-17-5-2-3-8-20(17)26)14-30-32-24(34)13-23(33)31-19-7-4-6-18(12-19)25(27,28)29/h2-12,14H,13,15H2,1H3,(H,31,33)(H,32,34). The van der Waals surface area contributed by atoms with Crippen molar-refractivity contribution in [1.29, 1.82) is 0 Å². The molecule has 7 nitrogen and oxygen atoms in total. The third-order valence-electron chi connectivity index (χ3n) is 4.73. The summed E-state index contributed by atoms with van der Waals surface area (Å²) < 4.78 is 49.4. The molecule has 0 fully saturated rings. The number of rotatable bonds is 9. The summed E-state index contributed by atoms with van der Waals surface area (Å²) in [7, 11) is 1.48. The minimum absolute atomic E-state index is 0.0740. The molecule has 0 spiro atoms. The van der Waals surface area contributed by atoms with Crippen LogP contribution in [0.2, 0.25) is 5.02 Å². The first-order valence-corrected chi connectivity index (χ1v) is 10.9. The van der Waals surface area contributed by atoms with Crippen LogP contribution in [-0.4, -0.2) is 25.1 Å². The van der Waals surface area contributed by atoms with E-state index in [0.29, 0.717) is 22.1 Å². The van der Waals surface area contributed by atoms with Crippen molar-refractivity contribution >= 4 is 35.3 Å². The fourth-order valence-corrected chi connectivity index (χ4v) is 3.19. The molecule has 2 amide bonds. The minimum Gasteiger partial charge on any atom is -0.493 e. The number of ether oxygens (including phenoxy) is 2. The summed E-state index contributed by atoms with van der Waals surface area (Å²) in [6.45, 7) is 0.238. The van der Waals surface area contributed by atoms with Crippen LogP contribution >= 0.6 is 11.6 Å². The number of alkyl halides is 3. The molecule has 0 radical (unpaired) electrons. The van der Waals surface area contributed by atoms with E-state index < -0.39 is 30.0 Å². The van der Waals surface area contributed by atoms with E-state index in [1.54, 1.807) is 24.3 Å². The fourth-order valence-electron chi connectivity index (χ4n) is 3.00. The van der Waals surface area contributed by atoms with Gasteiger partial charge in [0.1, 0.15) is 13.0 Å². The van der Waals surface area contributed by atoms with Gasteiger partial charge in [0.15, 0.2) is 11.5 Å². The number of hydrogen-bond donors (Lipinski definition) is 2. The summed E-state index contributed by atoms with van der Waals surface area (Å²) in [5.41, 5.74) is 2.59. The van der Waals surface area contributed by atoms with Crippen molar-refractivity contribution in [3.63, 3.8) is 0 Å². The Morgan fingerprint density at radius 3 is 2.50 bits per heavy atom. The second-order valence-electron chi connectivity index (χ2n) is 7.39. The Morgan fingerprint density at radius 2 is 1.78 bits per heavy atom. The van der Waals surface area contributed by atoms with Crippen LogP contribution in [0.1, 0.15) is 23.1 Å². The van der Waals surface area contributed by atoms with Gasteiger partial charge in [0, 0.05) is 16.3 Å². The van der Waals surface area contributed by atoms with E-state index in [-0.39, 0.29) is 12.3 Å². The molecule has 0 heterocycles. The molecule has 3 rings (SSSR count). The van der Waals surface area contributed by atoms with Crippen molar-refractivity contribution in [1.82, 2.24) is 5.43 Å². The highest BCUT2D eigenvalue weighted by molar-refractivity contribution is 6.31. The van der Waals surface area contributed by atoms with Crippen molar-refractivity contribution in [2.24, 2.45) is 5.10 Å². The second kappa shape index (κ2) is 12.1. The average Bonchev–Trinajstić information content (AvgIpc) is 2.83. The van der Waals surface area contributed by atoms with E-state index in [1.165, 1.54) is 19.4 Å². The average molecular weight is 520 g/mol. The number of nitrogens with one attached hydrogen (secondary N) is 2. The monoisotopic (exact) mass is 519 g/mol. The number of nitrogens with zero attached hydrogens (tertiary/aromatic N) is 1. The summed E-state index contributed by atoms with van der Waals surface area (Å²) in [5.74, 6) is -0.631. The molecule has 0 aromatic heterocycles. The van der Waals surface area contributed by atoms with Crippen molar-refractivity contribution in [2.75, 3.05) is 12.4 Å². The van der Waals surface area contributed by atoms with Gasteiger partial charge < -0.3 is 14.8 Å². The van der Waals surface area contributed by atoms with E-state index in [1.807, 2.05) is 18.2 Å². The lowest BCUT2D eigenvalue weighted by molar-refractivity contribution is -0.137. The zero-order valence-electron chi connectivity index (χ0n) is 18.9. The molecule has 0 unspecified atom stereocenters. The summed E-state index contributed by atoms with van der Waals surface area (Å²) in [6, 6.07) is 16.4. The predicted molar refractivity (Wildman–Crippen MR) is 129 cm³/mol. The van der Waals surface area contributed by atoms with Gasteiger partial charge in [0.05, 0.1) is 18.9 Å². The van der Waals surface area contributed by atoms with E-state index >= 15 is 0 Å². The smallest absolute Gasteiger partial charge is 0.416 e. The van der Waals surface area contributed by atoms with Gasteiger partial charge in [-0.1, -0.05) is 35.9 Å². The van der Waals surface area contributed by atoms with Crippen LogP contribution in [0.5, 0.6) is 11.5 Å². The minimum atomic E-state index is -4.55. The van der Waals surface area contributed by atoms with Gasteiger partial charge in [0.2, 0.25) is 11.8 Å². The normalized spacial score (nSPS) is 11.2. The summed E-state index contributed by atoms with van der Waals surface area (Å²) >= 11 is 6.14. The van der Waals surface area contributed by atoms with Crippen molar-refractivity contribution in [3.8, 4) is 11.5 Å². The molecule has 11 heteroatoms. The molecule has 0 aliphatic rings. The van der Waals surface area contributed by atoms with Gasteiger partial charge in [-0.2, -0.15) is 18.3 Å². The van der Waals surface area contributed by atoms with E-state index in [9.17, 15) is 22.8 Å². The fraction of sp³-hybridized carbons (Fsp3) is 0.160. The van der Waals surface area contributed by atoms with Crippen LogP contribution in [0, 0.1) is 0 Å². The van der Waals surface area contributed by atoms with Crippen molar-refractivity contribution < 1.29 is 32.2 Å². The van der Waals surface area contributed by atoms with E-state index in [2.05, 4.69) is 15.8 Å². The third-order valence-corrected chi connectivity index (χ3v) is 5.10. The Balaban J connectivity index is 1.52. The lowest BCUT2D eigenvalue weighted by atomic mass is 10.2. The van der Waals surface area contributed by atoms with Gasteiger partial charge in [-0.25, -0.2) is 5.43 Å². The number of hydrogen-bond acceptors (Lipinski definition) is 5. The highest BCUT2D eigenvalue weighted by Gasteiger charge is 2.30. The molecule has 0 bridgehead atoms. The number of amides is 2. The lowest BCUT2D eigenvalue weighted by Gasteiger charge is -2.12. The van der Waals surface area contributed by atoms with Crippen LogP contribution in [-0.2, 0) is 22.4 Å². The largest absolute Gasteiger partial charge is 0.493 e. The Hall–Kier alpha value is -4.05. The highest BCUT2D eigenvalue weighted by atomic mass is 35.5. The second-order valence-corrected chi connectivity index (χ2v) is 7.79. The Bertz CT molecular complexity index is 1270. The van der Waals surface area contributed by atoms with Crippen LogP contribution in [0.25, 0.3) is 0 Å². The topological polar surface area (TPSA) is 89.0 Å². The molecule has 0 aliphatic carbocycles. The zero-order chi connectivity index (χ0) is 26.1. The molecule has 3 aromatic carbocycles. The first-order valence-electron chi connectivity index (χ1n) is 10.5. The summed E-state index contributed by atoms with van der Waals surface area (Å²) in [5, 5.41) is 6.63. The van der Waals surface area contributed by atoms with Crippen LogP contribution < -0.4 is 20.2 Å². The van der Waals surface area contributed by atoms with E-state index in [4.69, 9.17) is 21.1 Å². The number of carbonyl (C=O) groups is 2. The summed E-state index contributed by atoms with van der Waals surface area (Å²) in [6.07, 6.45) is -3.84. The highest BCUT2D eigenvalue weighted by Crippen LogP contribution is 2.31. The quantitative estimate of drug-likeness (QED) is 0.224. The van der Waals surface area contributed by atoms with Gasteiger partial charge in [-0.05, 0) is 48.0 Å². The number of benzene rings is 3. The number of halogens is 4. The molecular formula is C25H21ClF3N3O4. The van der Waals surface area contributed by atoms with Crippen LogP contribution in [0.4, 0.5) is 18.9 Å². The number of carbonyl (C=O) groups excluding carboxylic acids is 2. The van der Waals surface area contributed by atoms with Gasteiger partial charge >= 0.3 is 6.18 Å². The van der Waals surface area contributed by atoms with Crippen LogP contribution in [0.15, 0.2) is 71.8 Å². The maximum Gasteiger partial charge on any atom is 0.416 e. The molecular weight excluding hydrogens is 499 g/mol. The van der Waals surface area contributed by atoms with Gasteiger partial charge in [-0.3, -0.25) is 9.59 Å². The third kappa shape index (κ3) is 7.74. The van der Waals surface area contributed by atoms with Crippen LogP contribution in [0.3, 0.4) is 0 Å². The number of methoxy groups -OCH3 is 1. The van der Waals surface area contributed by atoms with Gasteiger partial charge in [0.25, 0.3) is 0 Å². The van der Waals surface area contributed by atoms with Gasteiger partial charge in [-0.15, -0.1) is 0 Å². The maximum atomic E-state index is 12.8. The van der Waals surface area contributed by atoms with E-state index in [0.717, 1.165) is 23.8 Å². The number of hydrazone groups is 1.